The molecule has 0 unspecified atom stereocenters. The van der Waals surface area contributed by atoms with E-state index in [4.69, 9.17) is 15.0 Å². The van der Waals surface area contributed by atoms with Crippen LogP contribution in [0.3, 0.4) is 0 Å². The summed E-state index contributed by atoms with van der Waals surface area (Å²) in [6.07, 6.45) is 1.05. The molecule has 0 radical (unpaired) electrons. The van der Waals surface area contributed by atoms with E-state index in [1.165, 1.54) is 0 Å². The third kappa shape index (κ3) is 5.34. The molecule has 0 fully saturated rings. The predicted molar refractivity (Wildman–Crippen MR) is 110 cm³/mol. The summed E-state index contributed by atoms with van der Waals surface area (Å²) in [7, 11) is 0. The number of ether oxygens (including phenoxy) is 2. The molecule has 2 heterocycles. The van der Waals surface area contributed by atoms with Gasteiger partial charge in [-0.1, -0.05) is 48.4 Å². The number of nitrogens with zero attached hydrogens (tertiary/aromatic N) is 5. The topological polar surface area (TPSA) is 91.9 Å². The second-order valence-corrected chi connectivity index (χ2v) is 6.35. The monoisotopic (exact) mass is 377 g/mol. The van der Waals surface area contributed by atoms with Gasteiger partial charge in [0.15, 0.2) is 0 Å². The minimum atomic E-state index is -0.0453. The molecule has 0 aromatic heterocycles. The summed E-state index contributed by atoms with van der Waals surface area (Å²) in [5, 5.41) is 3.48. The molecule has 28 heavy (non-hydrogen) atoms. The summed E-state index contributed by atoms with van der Waals surface area (Å²) in [5.41, 5.74) is 10.2. The van der Waals surface area contributed by atoms with E-state index in [1.807, 2.05) is 60.7 Å². The van der Waals surface area contributed by atoms with Crippen molar-refractivity contribution < 1.29 is 9.47 Å². The van der Waals surface area contributed by atoms with Crippen molar-refractivity contribution >= 4 is 11.8 Å². The molecule has 0 aliphatic carbocycles. The Balaban J connectivity index is 0.000000162. The van der Waals surface area contributed by atoms with Crippen LogP contribution >= 0.6 is 0 Å². The van der Waals surface area contributed by atoms with Crippen molar-refractivity contribution in [3.8, 4) is 0 Å². The predicted octanol–water partition coefficient (Wildman–Crippen LogP) is 4.38. The van der Waals surface area contributed by atoms with Gasteiger partial charge in [-0.25, -0.2) is 9.98 Å². The fraction of sp³-hybridized carbons (Fsp3) is 0.333. The van der Waals surface area contributed by atoms with Crippen molar-refractivity contribution in [3.05, 3.63) is 82.2 Å². The third-order valence-electron chi connectivity index (χ3n) is 4.29. The summed E-state index contributed by atoms with van der Waals surface area (Å²) in [6, 6.07) is 20.0. The Labute approximate surface area is 164 Å². The molecule has 7 nitrogen and oxygen atoms in total. The highest BCUT2D eigenvalue weighted by molar-refractivity contribution is 5.95. The SMILES string of the molecule is CC[C@@H]1COC(c2ccccc2)=N1.[N-]=[N+]=NC[C@@H]1COC(c2ccccc2)=N1. The molecule has 2 aromatic carbocycles. The maximum Gasteiger partial charge on any atom is 0.216 e. The van der Waals surface area contributed by atoms with Crippen molar-refractivity contribution in [1.29, 1.82) is 0 Å². The molecule has 7 heteroatoms. The number of azide groups is 1. The molecule has 0 amide bonds. The Hall–Kier alpha value is -3.31. The van der Waals surface area contributed by atoms with Crippen LogP contribution in [-0.4, -0.2) is 43.6 Å². The molecule has 2 aliphatic heterocycles. The first-order chi connectivity index (χ1) is 13.8. The molecule has 0 saturated heterocycles. The first kappa shape index (κ1) is 19.5. The van der Waals surface area contributed by atoms with Crippen LogP contribution in [0.4, 0.5) is 0 Å². The fourth-order valence-electron chi connectivity index (χ4n) is 2.74. The van der Waals surface area contributed by atoms with E-state index >= 15 is 0 Å². The molecule has 2 aliphatic rings. The van der Waals surface area contributed by atoms with Gasteiger partial charge in [0.1, 0.15) is 13.2 Å². The number of rotatable bonds is 5. The molecule has 0 bridgehead atoms. The lowest BCUT2D eigenvalue weighted by atomic mass is 10.2. The average molecular weight is 377 g/mol. The summed E-state index contributed by atoms with van der Waals surface area (Å²) in [4.78, 5) is 11.5. The summed E-state index contributed by atoms with van der Waals surface area (Å²) >= 11 is 0. The van der Waals surface area contributed by atoms with Gasteiger partial charge in [-0.15, -0.1) is 0 Å². The molecule has 0 spiro atoms. The molecule has 2 atom stereocenters. The first-order valence-electron chi connectivity index (χ1n) is 9.33. The standard InChI is InChI=1S/C11H13NO.C10H10N4O/c1-2-10-8-13-11(12-10)9-6-4-3-5-7-9;11-14-12-6-9-7-15-10(13-9)8-4-2-1-3-5-8/h3-7,10H,2,8H2,1H3;1-5,9H,6-7H2/t10-;9-/m11/s1. The third-order valence-corrected chi connectivity index (χ3v) is 4.29. The Kier molecular flexibility index (Phi) is 7.04. The van der Waals surface area contributed by atoms with Gasteiger partial charge in [0.25, 0.3) is 0 Å². The van der Waals surface area contributed by atoms with Crippen LogP contribution in [0.1, 0.15) is 24.5 Å². The van der Waals surface area contributed by atoms with Crippen molar-refractivity contribution in [2.45, 2.75) is 25.4 Å². The Morgan fingerprint density at radius 2 is 1.39 bits per heavy atom. The van der Waals surface area contributed by atoms with Gasteiger partial charge >= 0.3 is 0 Å². The molecule has 0 N–H and O–H groups in total. The highest BCUT2D eigenvalue weighted by Crippen LogP contribution is 2.13. The molecule has 4 rings (SSSR count). The zero-order valence-corrected chi connectivity index (χ0v) is 15.8. The summed E-state index contributed by atoms with van der Waals surface area (Å²) < 4.78 is 10.9. The first-order valence-corrected chi connectivity index (χ1v) is 9.33. The maximum absolute atomic E-state index is 8.18. The highest BCUT2D eigenvalue weighted by atomic mass is 16.5. The summed E-state index contributed by atoms with van der Waals surface area (Å²) in [5.74, 6) is 1.43. The van der Waals surface area contributed by atoms with Gasteiger partial charge in [-0.2, -0.15) is 0 Å². The van der Waals surface area contributed by atoms with Crippen LogP contribution in [-0.2, 0) is 9.47 Å². The average Bonchev–Trinajstić information content (AvgIpc) is 3.44. The van der Waals surface area contributed by atoms with E-state index in [0.29, 0.717) is 25.1 Å². The quantitative estimate of drug-likeness (QED) is 0.439. The summed E-state index contributed by atoms with van der Waals surface area (Å²) in [6.45, 7) is 3.71. The number of hydrogen-bond acceptors (Lipinski definition) is 5. The van der Waals surface area contributed by atoms with Crippen LogP contribution in [0.15, 0.2) is 75.8 Å². The normalized spacial score (nSPS) is 19.9. The largest absolute Gasteiger partial charge is 0.475 e. The Morgan fingerprint density at radius 3 is 1.86 bits per heavy atom. The van der Waals surface area contributed by atoms with Crippen molar-refractivity contribution in [3.63, 3.8) is 0 Å². The lowest BCUT2D eigenvalue weighted by Gasteiger charge is -1.99. The number of hydrogen-bond donors (Lipinski definition) is 0. The van der Waals surface area contributed by atoms with Gasteiger partial charge in [-0.05, 0) is 36.2 Å². The van der Waals surface area contributed by atoms with E-state index < -0.39 is 0 Å². The fourth-order valence-corrected chi connectivity index (χ4v) is 2.74. The van der Waals surface area contributed by atoms with Gasteiger partial charge in [0.2, 0.25) is 11.8 Å². The molecular weight excluding hydrogens is 354 g/mol. The maximum atomic E-state index is 8.18. The molecule has 2 aromatic rings. The highest BCUT2D eigenvalue weighted by Gasteiger charge is 2.19. The smallest absolute Gasteiger partial charge is 0.216 e. The zero-order chi connectivity index (χ0) is 19.6. The lowest BCUT2D eigenvalue weighted by Crippen LogP contribution is -2.09. The zero-order valence-electron chi connectivity index (χ0n) is 15.8. The minimum Gasteiger partial charge on any atom is -0.475 e. The van der Waals surface area contributed by atoms with Crippen LogP contribution in [0.5, 0.6) is 0 Å². The number of aliphatic imine (C=N–C) groups is 2. The van der Waals surface area contributed by atoms with Crippen LogP contribution < -0.4 is 0 Å². The second-order valence-electron chi connectivity index (χ2n) is 6.35. The molecular formula is C21H23N5O2. The molecule has 0 saturated carbocycles. The van der Waals surface area contributed by atoms with Gasteiger partial charge in [0, 0.05) is 16.0 Å². The second kappa shape index (κ2) is 10.1. The van der Waals surface area contributed by atoms with E-state index in [2.05, 4.69) is 26.9 Å². The van der Waals surface area contributed by atoms with Gasteiger partial charge in [0.05, 0.1) is 18.6 Å². The van der Waals surface area contributed by atoms with Crippen molar-refractivity contribution in [2.24, 2.45) is 15.1 Å². The van der Waals surface area contributed by atoms with E-state index in [9.17, 15) is 0 Å². The van der Waals surface area contributed by atoms with Crippen molar-refractivity contribution in [2.75, 3.05) is 19.8 Å². The molecule has 144 valence electrons. The number of benzene rings is 2. The van der Waals surface area contributed by atoms with Crippen LogP contribution in [0.25, 0.3) is 10.4 Å². The lowest BCUT2D eigenvalue weighted by molar-refractivity contribution is 0.315. The van der Waals surface area contributed by atoms with Gasteiger partial charge in [-0.3, -0.25) is 0 Å². The Morgan fingerprint density at radius 1 is 0.893 bits per heavy atom. The van der Waals surface area contributed by atoms with Crippen LogP contribution in [0.2, 0.25) is 0 Å². The van der Waals surface area contributed by atoms with Crippen molar-refractivity contribution in [1.82, 2.24) is 0 Å². The van der Waals surface area contributed by atoms with Gasteiger partial charge < -0.3 is 9.47 Å². The van der Waals surface area contributed by atoms with E-state index in [1.54, 1.807) is 0 Å². The Bertz CT molecular complexity index is 861. The van der Waals surface area contributed by atoms with Crippen LogP contribution in [0, 0.1) is 0 Å². The van der Waals surface area contributed by atoms with E-state index in [0.717, 1.165) is 30.1 Å². The minimum absolute atomic E-state index is 0.0453. The van der Waals surface area contributed by atoms with E-state index in [-0.39, 0.29) is 6.04 Å².